The summed E-state index contributed by atoms with van der Waals surface area (Å²) in [4.78, 5) is 41.2. The molecular weight excluding hydrogens is 360 g/mol. The molecule has 2 aromatic rings. The third-order valence-corrected chi connectivity index (χ3v) is 4.99. The first-order valence-corrected chi connectivity index (χ1v) is 9.31. The third kappa shape index (κ3) is 4.19. The van der Waals surface area contributed by atoms with Gasteiger partial charge in [-0.1, -0.05) is 31.4 Å². The number of hydrogen-bond donors (Lipinski definition) is 1. The van der Waals surface area contributed by atoms with Gasteiger partial charge in [-0.05, 0) is 31.9 Å². The molecule has 8 heteroatoms. The van der Waals surface area contributed by atoms with Gasteiger partial charge >= 0.3 is 5.97 Å². The Kier molecular flexibility index (Phi) is 5.73. The number of carbonyl (C=O) groups is 2. The first kappa shape index (κ1) is 19.5. The van der Waals surface area contributed by atoms with Crippen LogP contribution in [0, 0.1) is 11.3 Å². The van der Waals surface area contributed by atoms with Crippen molar-refractivity contribution in [2.45, 2.75) is 57.2 Å². The van der Waals surface area contributed by atoms with Gasteiger partial charge in [-0.15, -0.1) is 0 Å². The molecular formula is C20H22N4O4. The molecule has 28 heavy (non-hydrogen) atoms. The molecule has 0 unspecified atom stereocenters. The molecule has 0 spiro atoms. The van der Waals surface area contributed by atoms with Crippen LogP contribution in [-0.2, 0) is 20.9 Å². The Bertz CT molecular complexity index is 986. The SMILES string of the molecule is C[C@H](OC(=O)Cn1cnc2ccccc2c1=O)C(=O)NC1(C#N)CCCCC1. The van der Waals surface area contributed by atoms with Crippen LogP contribution in [0.5, 0.6) is 0 Å². The number of aromatic nitrogens is 2. The summed E-state index contributed by atoms with van der Waals surface area (Å²) in [6.07, 6.45) is 4.19. The van der Waals surface area contributed by atoms with E-state index in [1.165, 1.54) is 13.3 Å². The second-order valence-electron chi connectivity index (χ2n) is 7.07. The molecule has 1 aliphatic rings. The molecule has 1 fully saturated rings. The second-order valence-corrected chi connectivity index (χ2v) is 7.07. The molecule has 1 aromatic heterocycles. The smallest absolute Gasteiger partial charge is 0.326 e. The molecule has 1 aromatic carbocycles. The van der Waals surface area contributed by atoms with E-state index in [1.54, 1.807) is 24.3 Å². The number of nitrogens with one attached hydrogen (secondary N) is 1. The molecule has 1 aliphatic carbocycles. The number of benzene rings is 1. The van der Waals surface area contributed by atoms with Crippen molar-refractivity contribution in [3.8, 4) is 6.07 Å². The summed E-state index contributed by atoms with van der Waals surface area (Å²) >= 11 is 0. The van der Waals surface area contributed by atoms with Crippen molar-refractivity contribution in [1.82, 2.24) is 14.9 Å². The standard InChI is InChI=1S/C20H22N4O4/c1-14(18(26)23-20(12-21)9-5-2-6-10-20)28-17(25)11-24-13-22-16-8-4-3-7-15(16)19(24)27/h3-4,7-8,13-14H,2,5-6,9-11H2,1H3,(H,23,26)/t14-/m0/s1. The third-order valence-electron chi connectivity index (χ3n) is 4.99. The number of nitriles is 1. The van der Waals surface area contributed by atoms with Crippen LogP contribution in [0.25, 0.3) is 10.9 Å². The maximum Gasteiger partial charge on any atom is 0.326 e. The number of ether oxygens (including phenoxy) is 1. The van der Waals surface area contributed by atoms with Gasteiger partial charge in [-0.25, -0.2) is 4.98 Å². The number of carbonyl (C=O) groups excluding carboxylic acids is 2. The molecule has 1 heterocycles. The number of nitrogens with zero attached hydrogens (tertiary/aromatic N) is 3. The fourth-order valence-electron chi connectivity index (χ4n) is 3.40. The van der Waals surface area contributed by atoms with E-state index in [1.807, 2.05) is 0 Å². The predicted octanol–water partition coefficient (Wildman–Crippen LogP) is 1.67. The number of hydrogen-bond acceptors (Lipinski definition) is 6. The van der Waals surface area contributed by atoms with E-state index >= 15 is 0 Å². The molecule has 146 valence electrons. The normalized spacial score (nSPS) is 16.7. The van der Waals surface area contributed by atoms with Crippen LogP contribution in [0.15, 0.2) is 35.4 Å². The van der Waals surface area contributed by atoms with Crippen molar-refractivity contribution in [3.05, 3.63) is 40.9 Å². The van der Waals surface area contributed by atoms with Gasteiger partial charge in [0.2, 0.25) is 0 Å². The lowest BCUT2D eigenvalue weighted by Crippen LogP contribution is -2.52. The van der Waals surface area contributed by atoms with Crippen molar-refractivity contribution < 1.29 is 14.3 Å². The lowest BCUT2D eigenvalue weighted by atomic mass is 9.83. The first-order chi connectivity index (χ1) is 13.4. The van der Waals surface area contributed by atoms with Crippen LogP contribution in [0.1, 0.15) is 39.0 Å². The lowest BCUT2D eigenvalue weighted by molar-refractivity contribution is -0.156. The summed E-state index contributed by atoms with van der Waals surface area (Å²) in [5, 5.41) is 12.6. The molecule has 0 aliphatic heterocycles. The Morgan fingerprint density at radius 2 is 2.04 bits per heavy atom. The number of para-hydroxylation sites is 1. The molecule has 1 atom stereocenters. The van der Waals surface area contributed by atoms with Crippen molar-refractivity contribution in [1.29, 1.82) is 5.26 Å². The van der Waals surface area contributed by atoms with Gasteiger partial charge < -0.3 is 10.1 Å². The quantitative estimate of drug-likeness (QED) is 0.787. The summed E-state index contributed by atoms with van der Waals surface area (Å²) in [6, 6.07) is 9.03. The van der Waals surface area contributed by atoms with E-state index in [-0.39, 0.29) is 12.1 Å². The summed E-state index contributed by atoms with van der Waals surface area (Å²) in [6.45, 7) is 1.10. The Morgan fingerprint density at radius 1 is 1.32 bits per heavy atom. The molecule has 0 radical (unpaired) electrons. The lowest BCUT2D eigenvalue weighted by Gasteiger charge is -2.32. The van der Waals surface area contributed by atoms with Crippen LogP contribution in [-0.4, -0.2) is 33.1 Å². The van der Waals surface area contributed by atoms with E-state index in [4.69, 9.17) is 4.74 Å². The maximum atomic E-state index is 12.4. The van der Waals surface area contributed by atoms with E-state index in [0.29, 0.717) is 23.7 Å². The zero-order valence-corrected chi connectivity index (χ0v) is 15.7. The average molecular weight is 382 g/mol. The highest BCUT2D eigenvalue weighted by molar-refractivity contribution is 5.84. The van der Waals surface area contributed by atoms with Crippen LogP contribution in [0.4, 0.5) is 0 Å². The van der Waals surface area contributed by atoms with Crippen molar-refractivity contribution in [3.63, 3.8) is 0 Å². The van der Waals surface area contributed by atoms with E-state index in [0.717, 1.165) is 23.8 Å². The summed E-state index contributed by atoms with van der Waals surface area (Å²) in [5.74, 6) is -1.24. The molecule has 1 N–H and O–H groups in total. The van der Waals surface area contributed by atoms with Gasteiger partial charge in [0.15, 0.2) is 6.10 Å². The minimum absolute atomic E-state index is 0.350. The molecule has 0 saturated heterocycles. The summed E-state index contributed by atoms with van der Waals surface area (Å²) in [5.41, 5.74) is -0.709. The second kappa shape index (κ2) is 8.21. The minimum atomic E-state index is -1.07. The van der Waals surface area contributed by atoms with Gasteiger partial charge in [0.1, 0.15) is 12.1 Å². The topological polar surface area (TPSA) is 114 Å². The molecule has 8 nitrogen and oxygen atoms in total. The highest BCUT2D eigenvalue weighted by Crippen LogP contribution is 2.27. The average Bonchev–Trinajstić information content (AvgIpc) is 2.71. The zero-order chi connectivity index (χ0) is 20.1. The van der Waals surface area contributed by atoms with Crippen LogP contribution in [0.3, 0.4) is 0 Å². The Hall–Kier alpha value is -3.21. The van der Waals surface area contributed by atoms with Gasteiger partial charge in [0.25, 0.3) is 11.5 Å². The van der Waals surface area contributed by atoms with E-state index < -0.39 is 23.5 Å². The Morgan fingerprint density at radius 3 is 2.75 bits per heavy atom. The van der Waals surface area contributed by atoms with Gasteiger partial charge in [-0.2, -0.15) is 5.26 Å². The molecule has 1 saturated carbocycles. The Balaban J connectivity index is 1.63. The highest BCUT2D eigenvalue weighted by atomic mass is 16.5. The first-order valence-electron chi connectivity index (χ1n) is 9.31. The van der Waals surface area contributed by atoms with Crippen molar-refractivity contribution >= 4 is 22.8 Å². The highest BCUT2D eigenvalue weighted by Gasteiger charge is 2.35. The summed E-state index contributed by atoms with van der Waals surface area (Å²) in [7, 11) is 0. The number of amides is 1. The minimum Gasteiger partial charge on any atom is -0.451 e. The van der Waals surface area contributed by atoms with E-state index in [2.05, 4.69) is 16.4 Å². The van der Waals surface area contributed by atoms with Crippen LogP contribution >= 0.6 is 0 Å². The van der Waals surface area contributed by atoms with Crippen LogP contribution in [0.2, 0.25) is 0 Å². The van der Waals surface area contributed by atoms with Crippen molar-refractivity contribution in [2.75, 3.05) is 0 Å². The molecule has 0 bridgehead atoms. The predicted molar refractivity (Wildman–Crippen MR) is 101 cm³/mol. The summed E-state index contributed by atoms with van der Waals surface area (Å²) < 4.78 is 6.31. The van der Waals surface area contributed by atoms with Gasteiger partial charge in [-0.3, -0.25) is 19.0 Å². The molecule has 1 amide bonds. The number of esters is 1. The van der Waals surface area contributed by atoms with Gasteiger partial charge in [0, 0.05) is 0 Å². The fourth-order valence-corrected chi connectivity index (χ4v) is 3.40. The largest absolute Gasteiger partial charge is 0.451 e. The molecule has 3 rings (SSSR count). The van der Waals surface area contributed by atoms with E-state index in [9.17, 15) is 19.6 Å². The number of fused-ring (bicyclic) bond motifs is 1. The zero-order valence-electron chi connectivity index (χ0n) is 15.7. The van der Waals surface area contributed by atoms with Crippen molar-refractivity contribution in [2.24, 2.45) is 0 Å². The maximum absolute atomic E-state index is 12.4. The van der Waals surface area contributed by atoms with Gasteiger partial charge in [0.05, 0.1) is 23.3 Å². The fraction of sp³-hybridized carbons (Fsp3) is 0.450. The van der Waals surface area contributed by atoms with Crippen LogP contribution < -0.4 is 10.9 Å². The number of rotatable bonds is 5. The Labute approximate surface area is 162 Å². The monoisotopic (exact) mass is 382 g/mol.